The van der Waals surface area contributed by atoms with E-state index in [2.05, 4.69) is 16.0 Å². The molecular weight excluding hydrogens is 388 g/mol. The number of hydrogen-bond acceptors (Lipinski definition) is 3. The van der Waals surface area contributed by atoms with E-state index >= 15 is 0 Å². The summed E-state index contributed by atoms with van der Waals surface area (Å²) in [6.07, 6.45) is 9.54. The van der Waals surface area contributed by atoms with Crippen molar-refractivity contribution in [3.05, 3.63) is 30.3 Å². The lowest BCUT2D eigenvalue weighted by atomic mass is 9.97. The van der Waals surface area contributed by atoms with Gasteiger partial charge in [-0.25, -0.2) is 4.79 Å². The van der Waals surface area contributed by atoms with E-state index in [1.54, 1.807) is 4.90 Å². The van der Waals surface area contributed by atoms with Crippen molar-refractivity contribution in [3.63, 3.8) is 0 Å². The number of amides is 3. The van der Waals surface area contributed by atoms with Crippen molar-refractivity contribution < 1.29 is 9.59 Å². The van der Waals surface area contributed by atoms with Gasteiger partial charge in [-0.2, -0.15) is 0 Å². The largest absolute Gasteiger partial charge is 0.355 e. The molecule has 7 heteroatoms. The summed E-state index contributed by atoms with van der Waals surface area (Å²) < 4.78 is 0. The Morgan fingerprint density at radius 2 is 1.66 bits per heavy atom. The lowest BCUT2D eigenvalue weighted by Gasteiger charge is -2.32. The second-order valence-electron chi connectivity index (χ2n) is 8.01. The van der Waals surface area contributed by atoms with Gasteiger partial charge >= 0.3 is 6.03 Å². The Labute approximate surface area is 180 Å². The van der Waals surface area contributed by atoms with Crippen LogP contribution in [0.25, 0.3) is 0 Å². The van der Waals surface area contributed by atoms with Gasteiger partial charge in [0.15, 0.2) is 0 Å². The van der Waals surface area contributed by atoms with Crippen LogP contribution in [0.2, 0.25) is 0 Å². The van der Waals surface area contributed by atoms with Crippen LogP contribution >= 0.6 is 12.4 Å². The summed E-state index contributed by atoms with van der Waals surface area (Å²) in [5, 5.41) is 9.55. The Hall–Kier alpha value is -1.79. The van der Waals surface area contributed by atoms with Gasteiger partial charge in [0.2, 0.25) is 5.91 Å². The molecule has 1 saturated heterocycles. The first-order valence-corrected chi connectivity index (χ1v) is 10.8. The molecule has 1 aliphatic heterocycles. The smallest absolute Gasteiger partial charge is 0.321 e. The molecule has 2 fully saturated rings. The zero-order chi connectivity index (χ0) is 19.6. The predicted molar refractivity (Wildman–Crippen MR) is 120 cm³/mol. The van der Waals surface area contributed by atoms with E-state index in [1.165, 1.54) is 38.5 Å². The molecule has 3 rings (SSSR count). The van der Waals surface area contributed by atoms with Gasteiger partial charge in [-0.1, -0.05) is 43.9 Å². The van der Waals surface area contributed by atoms with Crippen LogP contribution in [-0.2, 0) is 4.79 Å². The van der Waals surface area contributed by atoms with Gasteiger partial charge in [0.05, 0.1) is 5.92 Å². The molecule has 1 heterocycles. The molecule has 2 aliphatic rings. The van der Waals surface area contributed by atoms with Crippen molar-refractivity contribution in [1.82, 2.24) is 15.5 Å². The number of rotatable bonds is 6. The molecule has 1 aliphatic carbocycles. The minimum absolute atomic E-state index is 0. The third kappa shape index (κ3) is 7.86. The van der Waals surface area contributed by atoms with Crippen molar-refractivity contribution >= 4 is 30.0 Å². The van der Waals surface area contributed by atoms with Gasteiger partial charge in [-0.05, 0) is 37.8 Å². The molecule has 0 spiro atoms. The molecule has 0 aromatic heterocycles. The first-order valence-electron chi connectivity index (χ1n) is 10.8. The number of nitrogens with one attached hydrogen (secondary N) is 3. The highest BCUT2D eigenvalue weighted by atomic mass is 35.5. The molecule has 1 aromatic rings. The van der Waals surface area contributed by atoms with E-state index < -0.39 is 0 Å². The Kier molecular flexibility index (Phi) is 10.3. The highest BCUT2D eigenvalue weighted by Crippen LogP contribution is 2.18. The van der Waals surface area contributed by atoms with Crippen molar-refractivity contribution in [2.75, 3.05) is 31.5 Å². The average Bonchev–Trinajstić information content (AvgIpc) is 3.01. The Balaban J connectivity index is 0.00000300. The van der Waals surface area contributed by atoms with Crippen LogP contribution in [0.3, 0.4) is 0 Å². The summed E-state index contributed by atoms with van der Waals surface area (Å²) in [6, 6.07) is 9.92. The molecule has 162 valence electrons. The Morgan fingerprint density at radius 3 is 2.38 bits per heavy atom. The van der Waals surface area contributed by atoms with Crippen LogP contribution < -0.4 is 16.0 Å². The van der Waals surface area contributed by atoms with E-state index in [-0.39, 0.29) is 30.3 Å². The van der Waals surface area contributed by atoms with Crippen molar-refractivity contribution in [2.24, 2.45) is 5.92 Å². The van der Waals surface area contributed by atoms with Crippen LogP contribution in [-0.4, -0.2) is 49.1 Å². The molecule has 1 atom stereocenters. The Bertz CT molecular complexity index is 620. The summed E-state index contributed by atoms with van der Waals surface area (Å²) in [6.45, 7) is 2.66. The van der Waals surface area contributed by atoms with Crippen LogP contribution in [0.1, 0.15) is 51.4 Å². The van der Waals surface area contributed by atoms with Gasteiger partial charge in [-0.3, -0.25) is 4.79 Å². The fourth-order valence-electron chi connectivity index (χ4n) is 4.19. The molecule has 1 aromatic carbocycles. The fraction of sp³-hybridized carbons (Fsp3) is 0.636. The summed E-state index contributed by atoms with van der Waals surface area (Å²) >= 11 is 0. The van der Waals surface area contributed by atoms with E-state index in [9.17, 15) is 9.59 Å². The summed E-state index contributed by atoms with van der Waals surface area (Å²) in [5.41, 5.74) is 0.781. The van der Waals surface area contributed by atoms with Gasteiger partial charge in [-0.15, -0.1) is 12.4 Å². The number of carbonyl (C=O) groups excluding carboxylic acids is 2. The SMILES string of the molecule is Cl.O=C(NCCNC1CCCCCC1)C1CCCN(C(=O)Nc2ccccc2)C1. The number of piperidine rings is 1. The molecule has 1 saturated carbocycles. The number of nitrogens with zero attached hydrogens (tertiary/aromatic N) is 1. The van der Waals surface area contributed by atoms with Gasteiger partial charge in [0.1, 0.15) is 0 Å². The summed E-state index contributed by atoms with van der Waals surface area (Å²) in [5.74, 6) is -0.0481. The highest BCUT2D eigenvalue weighted by Gasteiger charge is 2.28. The van der Waals surface area contributed by atoms with Crippen LogP contribution in [0.5, 0.6) is 0 Å². The first kappa shape index (κ1) is 23.5. The number of hydrogen-bond donors (Lipinski definition) is 3. The third-order valence-corrected chi connectivity index (χ3v) is 5.82. The highest BCUT2D eigenvalue weighted by molar-refractivity contribution is 5.90. The number of anilines is 1. The van der Waals surface area contributed by atoms with Crippen molar-refractivity contribution in [3.8, 4) is 0 Å². The Morgan fingerprint density at radius 1 is 0.931 bits per heavy atom. The minimum Gasteiger partial charge on any atom is -0.355 e. The number of halogens is 1. The van der Waals surface area contributed by atoms with E-state index in [4.69, 9.17) is 0 Å². The number of urea groups is 1. The number of para-hydroxylation sites is 1. The standard InChI is InChI=1S/C22H34N4O2.ClH/c27-21(24-15-14-23-19-10-4-1-2-5-11-19)18-9-8-16-26(17-18)22(28)25-20-12-6-3-7-13-20;/h3,6-7,12-13,18-19,23H,1-2,4-5,8-11,14-17H2,(H,24,27)(H,25,28);1H. The second kappa shape index (κ2) is 12.7. The maximum atomic E-state index is 12.5. The molecule has 6 nitrogen and oxygen atoms in total. The van der Waals surface area contributed by atoms with Gasteiger partial charge < -0.3 is 20.9 Å². The molecular formula is C22H35ClN4O2. The predicted octanol–water partition coefficient (Wildman–Crippen LogP) is 3.78. The van der Waals surface area contributed by atoms with Crippen molar-refractivity contribution in [1.29, 1.82) is 0 Å². The van der Waals surface area contributed by atoms with Crippen LogP contribution in [0.4, 0.5) is 10.5 Å². The number of benzene rings is 1. The quantitative estimate of drug-likeness (QED) is 0.482. The second-order valence-corrected chi connectivity index (χ2v) is 8.01. The summed E-state index contributed by atoms with van der Waals surface area (Å²) in [4.78, 5) is 26.8. The van der Waals surface area contributed by atoms with E-state index in [0.29, 0.717) is 25.7 Å². The fourth-order valence-corrected chi connectivity index (χ4v) is 4.19. The van der Waals surface area contributed by atoms with Gasteiger partial charge in [0, 0.05) is 37.9 Å². The molecule has 0 bridgehead atoms. The topological polar surface area (TPSA) is 73.5 Å². The maximum absolute atomic E-state index is 12.5. The van der Waals surface area contributed by atoms with E-state index in [1.807, 2.05) is 30.3 Å². The lowest BCUT2D eigenvalue weighted by molar-refractivity contribution is -0.126. The molecule has 3 N–H and O–H groups in total. The monoisotopic (exact) mass is 422 g/mol. The molecule has 3 amide bonds. The zero-order valence-corrected chi connectivity index (χ0v) is 18.0. The average molecular weight is 423 g/mol. The zero-order valence-electron chi connectivity index (χ0n) is 17.2. The minimum atomic E-state index is -0.126. The summed E-state index contributed by atoms with van der Waals surface area (Å²) in [7, 11) is 0. The molecule has 0 radical (unpaired) electrons. The lowest BCUT2D eigenvalue weighted by Crippen LogP contribution is -2.47. The molecule has 1 unspecified atom stereocenters. The van der Waals surface area contributed by atoms with Crippen LogP contribution in [0.15, 0.2) is 30.3 Å². The maximum Gasteiger partial charge on any atom is 0.321 e. The van der Waals surface area contributed by atoms with Crippen molar-refractivity contribution in [2.45, 2.75) is 57.4 Å². The van der Waals surface area contributed by atoms with Crippen LogP contribution in [0, 0.1) is 5.92 Å². The third-order valence-electron chi connectivity index (χ3n) is 5.82. The van der Waals surface area contributed by atoms with E-state index in [0.717, 1.165) is 25.1 Å². The normalized spacial score (nSPS) is 20.3. The number of likely N-dealkylation sites (tertiary alicyclic amines) is 1. The molecule has 29 heavy (non-hydrogen) atoms. The number of carbonyl (C=O) groups is 2. The van der Waals surface area contributed by atoms with Gasteiger partial charge in [0.25, 0.3) is 0 Å². The first-order chi connectivity index (χ1) is 13.7.